The first-order valence-electron chi connectivity index (χ1n) is 6.30. The largest absolute Gasteiger partial charge is 0.384 e. The number of aromatic amines is 1. The Morgan fingerprint density at radius 1 is 1.27 bits per heavy atom. The Balaban J connectivity index is 2.44. The fourth-order valence-corrected chi connectivity index (χ4v) is 1.93. The molecule has 22 heavy (non-hydrogen) atoms. The highest BCUT2D eigenvalue weighted by Gasteiger charge is 2.15. The third-order valence-corrected chi connectivity index (χ3v) is 2.82. The minimum atomic E-state index is -0.807. The molecule has 0 spiro atoms. The molecule has 3 amide bonds. The van der Waals surface area contributed by atoms with Crippen LogP contribution in [0.4, 0.5) is 10.6 Å². The number of aromatic nitrogens is 1. The Labute approximate surface area is 126 Å². The molecule has 7 nitrogen and oxygen atoms in total. The molecule has 0 aliphatic heterocycles. The lowest BCUT2D eigenvalue weighted by atomic mass is 10.1. The standard InChI is InChI=1S/C15H14N4O3/c16-13(21)11-8-12(18-14(11)19-15(17)22)10-5-1-3-9(7-10)4-2-6-20/h1,3,5,7-8,18,20H,6H2,(H2,16,21)(H3,17,19,22). The van der Waals surface area contributed by atoms with Gasteiger partial charge in [-0.1, -0.05) is 24.0 Å². The van der Waals surface area contributed by atoms with Crippen LogP contribution in [0, 0.1) is 11.8 Å². The second-order valence-electron chi connectivity index (χ2n) is 4.37. The van der Waals surface area contributed by atoms with Crippen LogP contribution >= 0.6 is 0 Å². The number of amides is 3. The summed E-state index contributed by atoms with van der Waals surface area (Å²) in [5.74, 6) is 4.79. The number of urea groups is 1. The molecule has 0 unspecified atom stereocenters. The average molecular weight is 298 g/mol. The van der Waals surface area contributed by atoms with E-state index in [0.717, 1.165) is 5.56 Å². The second kappa shape index (κ2) is 6.47. The van der Waals surface area contributed by atoms with Gasteiger partial charge in [0.2, 0.25) is 0 Å². The lowest BCUT2D eigenvalue weighted by molar-refractivity contribution is 0.100. The normalized spacial score (nSPS) is 9.68. The van der Waals surface area contributed by atoms with Crippen LogP contribution in [0.3, 0.4) is 0 Å². The topological polar surface area (TPSA) is 134 Å². The van der Waals surface area contributed by atoms with Crippen molar-refractivity contribution in [3.8, 4) is 23.1 Å². The highest BCUT2D eigenvalue weighted by atomic mass is 16.2. The van der Waals surface area contributed by atoms with Crippen LogP contribution in [0.5, 0.6) is 0 Å². The number of carbonyl (C=O) groups excluding carboxylic acids is 2. The van der Waals surface area contributed by atoms with Crippen molar-refractivity contribution < 1.29 is 14.7 Å². The Hall–Kier alpha value is -3.24. The summed E-state index contributed by atoms with van der Waals surface area (Å²) < 4.78 is 0. The maximum absolute atomic E-state index is 11.4. The van der Waals surface area contributed by atoms with E-state index in [4.69, 9.17) is 16.6 Å². The van der Waals surface area contributed by atoms with Gasteiger partial charge in [0.05, 0.1) is 5.56 Å². The number of rotatable bonds is 3. The Kier molecular flexibility index (Phi) is 4.46. The molecular weight excluding hydrogens is 284 g/mol. The van der Waals surface area contributed by atoms with Crippen LogP contribution in [-0.4, -0.2) is 28.6 Å². The number of carbonyl (C=O) groups is 2. The number of nitrogens with one attached hydrogen (secondary N) is 2. The van der Waals surface area contributed by atoms with Gasteiger partial charge in [-0.05, 0) is 23.8 Å². The van der Waals surface area contributed by atoms with Crippen molar-refractivity contribution in [2.24, 2.45) is 11.5 Å². The Bertz CT molecular complexity index is 784. The highest BCUT2D eigenvalue weighted by molar-refractivity contribution is 6.03. The van der Waals surface area contributed by atoms with E-state index in [1.165, 1.54) is 6.07 Å². The highest BCUT2D eigenvalue weighted by Crippen LogP contribution is 2.25. The SMILES string of the molecule is NC(=O)Nc1[nH]c(-c2cccc(C#CCO)c2)cc1C(N)=O. The van der Waals surface area contributed by atoms with Crippen LogP contribution < -0.4 is 16.8 Å². The summed E-state index contributed by atoms with van der Waals surface area (Å²) in [4.78, 5) is 25.3. The maximum Gasteiger partial charge on any atom is 0.317 e. The predicted molar refractivity (Wildman–Crippen MR) is 81.9 cm³/mol. The zero-order valence-electron chi connectivity index (χ0n) is 11.5. The zero-order chi connectivity index (χ0) is 16.1. The van der Waals surface area contributed by atoms with Gasteiger partial charge in [-0.2, -0.15) is 0 Å². The van der Waals surface area contributed by atoms with Gasteiger partial charge >= 0.3 is 6.03 Å². The van der Waals surface area contributed by atoms with Gasteiger partial charge in [0, 0.05) is 11.3 Å². The van der Waals surface area contributed by atoms with Gasteiger partial charge in [0.15, 0.2) is 0 Å². The first kappa shape index (κ1) is 15.2. The monoisotopic (exact) mass is 298 g/mol. The molecule has 2 aromatic rings. The third-order valence-electron chi connectivity index (χ3n) is 2.82. The lowest BCUT2D eigenvalue weighted by Crippen LogP contribution is -2.22. The van der Waals surface area contributed by atoms with Gasteiger partial charge in [0.1, 0.15) is 12.4 Å². The number of primary amides is 2. The summed E-state index contributed by atoms with van der Waals surface area (Å²) in [6, 6.07) is 7.85. The van der Waals surface area contributed by atoms with Crippen molar-refractivity contribution in [1.82, 2.24) is 4.98 Å². The number of hydrogen-bond donors (Lipinski definition) is 5. The Morgan fingerprint density at radius 2 is 2.05 bits per heavy atom. The summed E-state index contributed by atoms with van der Waals surface area (Å²) in [7, 11) is 0. The molecule has 0 aliphatic carbocycles. The molecule has 0 atom stereocenters. The minimum Gasteiger partial charge on any atom is -0.384 e. The van der Waals surface area contributed by atoms with Crippen LogP contribution in [0.15, 0.2) is 30.3 Å². The number of H-pyrrole nitrogens is 1. The van der Waals surface area contributed by atoms with Gasteiger partial charge in [-0.3, -0.25) is 10.1 Å². The maximum atomic E-state index is 11.4. The molecule has 0 bridgehead atoms. The molecule has 0 radical (unpaired) electrons. The van der Waals surface area contributed by atoms with Crippen molar-refractivity contribution in [1.29, 1.82) is 0 Å². The van der Waals surface area contributed by atoms with E-state index in [1.807, 2.05) is 0 Å². The van der Waals surface area contributed by atoms with E-state index in [0.29, 0.717) is 11.3 Å². The van der Waals surface area contributed by atoms with Crippen LogP contribution in [0.2, 0.25) is 0 Å². The number of benzene rings is 1. The van der Waals surface area contributed by atoms with E-state index in [1.54, 1.807) is 24.3 Å². The number of nitrogens with two attached hydrogens (primary N) is 2. The van der Waals surface area contributed by atoms with E-state index < -0.39 is 11.9 Å². The smallest absolute Gasteiger partial charge is 0.317 e. The number of aliphatic hydroxyl groups is 1. The number of aliphatic hydroxyl groups excluding tert-OH is 1. The van der Waals surface area contributed by atoms with E-state index in [-0.39, 0.29) is 18.0 Å². The van der Waals surface area contributed by atoms with Crippen molar-refractivity contribution in [2.45, 2.75) is 0 Å². The molecule has 7 heteroatoms. The van der Waals surface area contributed by atoms with Crippen molar-refractivity contribution in [2.75, 3.05) is 11.9 Å². The summed E-state index contributed by atoms with van der Waals surface area (Å²) >= 11 is 0. The van der Waals surface area contributed by atoms with E-state index >= 15 is 0 Å². The third kappa shape index (κ3) is 3.45. The molecule has 0 fully saturated rings. The van der Waals surface area contributed by atoms with Crippen LogP contribution in [0.1, 0.15) is 15.9 Å². The zero-order valence-corrected chi connectivity index (χ0v) is 11.5. The molecule has 1 aromatic heterocycles. The molecule has 7 N–H and O–H groups in total. The van der Waals surface area contributed by atoms with Crippen molar-refractivity contribution in [3.05, 3.63) is 41.5 Å². The minimum absolute atomic E-state index is 0.126. The average Bonchev–Trinajstić information content (AvgIpc) is 2.88. The summed E-state index contributed by atoms with van der Waals surface area (Å²) in [6.45, 7) is -0.231. The number of hydrogen-bond acceptors (Lipinski definition) is 3. The Morgan fingerprint density at radius 3 is 2.68 bits per heavy atom. The summed E-state index contributed by atoms with van der Waals surface area (Å²) in [5.41, 5.74) is 12.5. The van der Waals surface area contributed by atoms with Gasteiger partial charge in [-0.15, -0.1) is 0 Å². The molecule has 0 saturated carbocycles. The first-order chi connectivity index (χ1) is 10.5. The van der Waals surface area contributed by atoms with E-state index in [2.05, 4.69) is 22.1 Å². The fraction of sp³-hybridized carbons (Fsp3) is 0.0667. The van der Waals surface area contributed by atoms with Crippen molar-refractivity contribution >= 4 is 17.8 Å². The predicted octanol–water partition coefficient (Wildman–Crippen LogP) is 0.615. The molecule has 2 rings (SSSR count). The molecule has 1 heterocycles. The fourth-order valence-electron chi connectivity index (χ4n) is 1.93. The van der Waals surface area contributed by atoms with Crippen molar-refractivity contribution in [3.63, 3.8) is 0 Å². The molecule has 1 aromatic carbocycles. The second-order valence-corrected chi connectivity index (χ2v) is 4.37. The first-order valence-corrected chi connectivity index (χ1v) is 6.30. The lowest BCUT2D eigenvalue weighted by Gasteiger charge is -2.01. The van der Waals surface area contributed by atoms with Gasteiger partial charge in [0.25, 0.3) is 5.91 Å². The molecule has 0 aliphatic rings. The van der Waals surface area contributed by atoms with Gasteiger partial charge < -0.3 is 21.6 Å². The number of anilines is 1. The molecule has 0 saturated heterocycles. The molecule has 112 valence electrons. The quantitative estimate of drug-likeness (QED) is 0.531. The van der Waals surface area contributed by atoms with Crippen LogP contribution in [0.25, 0.3) is 11.3 Å². The van der Waals surface area contributed by atoms with Gasteiger partial charge in [-0.25, -0.2) is 4.79 Å². The summed E-state index contributed by atoms with van der Waals surface area (Å²) in [6.07, 6.45) is 0. The van der Waals surface area contributed by atoms with E-state index in [9.17, 15) is 9.59 Å². The molecular formula is C15H14N4O3. The summed E-state index contributed by atoms with van der Waals surface area (Å²) in [5, 5.41) is 11.0. The van der Waals surface area contributed by atoms with Crippen LogP contribution in [-0.2, 0) is 0 Å².